The molecular weight excluding hydrogens is 348 g/mol. The van der Waals surface area contributed by atoms with Gasteiger partial charge in [0.2, 0.25) is 10.0 Å². The molecule has 0 radical (unpaired) electrons. The van der Waals surface area contributed by atoms with E-state index in [-0.39, 0.29) is 5.91 Å². The summed E-state index contributed by atoms with van der Waals surface area (Å²) < 4.78 is 25.1. The number of nitrogens with one attached hydrogen (secondary N) is 1. The Morgan fingerprint density at radius 1 is 1.21 bits per heavy atom. The lowest BCUT2D eigenvalue weighted by molar-refractivity contribution is 0.0985. The van der Waals surface area contributed by atoms with E-state index in [4.69, 9.17) is 11.6 Å². The van der Waals surface area contributed by atoms with Crippen LogP contribution in [0.5, 0.6) is 0 Å². The van der Waals surface area contributed by atoms with Crippen molar-refractivity contribution in [2.24, 2.45) is 0 Å². The number of aryl methyl sites for hydroxylation is 1. The molecular formula is C17H17ClN2O3S. The molecule has 0 spiro atoms. The van der Waals surface area contributed by atoms with E-state index < -0.39 is 10.0 Å². The summed E-state index contributed by atoms with van der Waals surface area (Å²) in [5.74, 6) is -0.157. The molecule has 0 fully saturated rings. The summed E-state index contributed by atoms with van der Waals surface area (Å²) >= 11 is 6.03. The van der Waals surface area contributed by atoms with Crippen LogP contribution < -0.4 is 9.62 Å². The molecule has 1 N–H and O–H groups in total. The molecule has 0 aromatic heterocycles. The first-order valence-electron chi connectivity index (χ1n) is 7.52. The molecule has 5 nitrogen and oxygen atoms in total. The molecule has 0 bridgehead atoms. The number of nitrogens with zero attached hydrogens (tertiary/aromatic N) is 1. The third kappa shape index (κ3) is 3.71. The maximum absolute atomic E-state index is 12.9. The zero-order chi connectivity index (χ0) is 17.3. The minimum absolute atomic E-state index is 0.157. The van der Waals surface area contributed by atoms with Crippen LogP contribution in [0.25, 0.3) is 0 Å². The van der Waals surface area contributed by atoms with Crippen molar-refractivity contribution >= 4 is 38.9 Å². The van der Waals surface area contributed by atoms with E-state index >= 15 is 0 Å². The molecule has 2 aromatic carbocycles. The summed E-state index contributed by atoms with van der Waals surface area (Å²) in [6.45, 7) is 0.622. The van der Waals surface area contributed by atoms with Crippen LogP contribution >= 0.6 is 11.6 Å². The summed E-state index contributed by atoms with van der Waals surface area (Å²) in [4.78, 5) is 14.6. The van der Waals surface area contributed by atoms with Crippen molar-refractivity contribution in [3.8, 4) is 0 Å². The van der Waals surface area contributed by atoms with Crippen LogP contribution in [0.1, 0.15) is 22.3 Å². The molecule has 126 valence electrons. The quantitative estimate of drug-likeness (QED) is 0.908. The Morgan fingerprint density at radius 2 is 2.00 bits per heavy atom. The average molecular weight is 365 g/mol. The van der Waals surface area contributed by atoms with Crippen LogP contribution in [0.15, 0.2) is 42.5 Å². The molecule has 0 aliphatic carbocycles. The number of hydrogen-bond donors (Lipinski definition) is 1. The van der Waals surface area contributed by atoms with E-state index in [0.717, 1.165) is 30.3 Å². The number of carbonyl (C=O) groups excluding carboxylic acids is 1. The maximum atomic E-state index is 12.9. The Hall–Kier alpha value is -2.05. The van der Waals surface area contributed by atoms with Crippen molar-refractivity contribution in [2.75, 3.05) is 22.4 Å². The monoisotopic (exact) mass is 364 g/mol. The summed E-state index contributed by atoms with van der Waals surface area (Å²) in [6, 6.07) is 12.0. The topological polar surface area (TPSA) is 66.5 Å². The lowest BCUT2D eigenvalue weighted by Gasteiger charge is -2.29. The molecule has 0 saturated carbocycles. The van der Waals surface area contributed by atoms with Gasteiger partial charge in [-0.05, 0) is 54.8 Å². The number of hydrogen-bond acceptors (Lipinski definition) is 3. The van der Waals surface area contributed by atoms with Gasteiger partial charge in [-0.1, -0.05) is 17.7 Å². The van der Waals surface area contributed by atoms with Crippen molar-refractivity contribution in [2.45, 2.75) is 12.8 Å². The minimum atomic E-state index is -3.39. The Balaban J connectivity index is 1.92. The van der Waals surface area contributed by atoms with E-state index in [1.165, 1.54) is 0 Å². The number of sulfonamides is 1. The van der Waals surface area contributed by atoms with Gasteiger partial charge in [-0.3, -0.25) is 9.52 Å². The van der Waals surface area contributed by atoms with E-state index in [0.29, 0.717) is 22.8 Å². The molecule has 1 aliphatic rings. The molecule has 0 saturated heterocycles. The van der Waals surface area contributed by atoms with Crippen molar-refractivity contribution in [3.05, 3.63) is 58.6 Å². The Kier molecular flexibility index (Phi) is 4.51. The van der Waals surface area contributed by atoms with Gasteiger partial charge in [-0.15, -0.1) is 0 Å². The minimum Gasteiger partial charge on any atom is -0.308 e. The number of rotatable bonds is 3. The lowest BCUT2D eigenvalue weighted by Crippen LogP contribution is -2.35. The van der Waals surface area contributed by atoms with Crippen molar-refractivity contribution in [1.82, 2.24) is 0 Å². The standard InChI is InChI=1S/C17H17ClN2O3S/c1-24(22,23)19-15-6-2-4-13(11-15)17(21)20-9-3-5-12-10-14(18)7-8-16(12)20/h2,4,6-8,10-11,19H,3,5,9H2,1H3. The molecule has 24 heavy (non-hydrogen) atoms. The highest BCUT2D eigenvalue weighted by atomic mass is 35.5. The van der Waals surface area contributed by atoms with Crippen LogP contribution in [0.2, 0.25) is 5.02 Å². The second kappa shape index (κ2) is 6.45. The smallest absolute Gasteiger partial charge is 0.258 e. The Morgan fingerprint density at radius 3 is 2.75 bits per heavy atom. The lowest BCUT2D eigenvalue weighted by atomic mass is 10.0. The summed E-state index contributed by atoms with van der Waals surface area (Å²) in [6.07, 6.45) is 2.82. The second-order valence-corrected chi connectivity index (χ2v) is 7.97. The highest BCUT2D eigenvalue weighted by Crippen LogP contribution is 2.31. The molecule has 1 aliphatic heterocycles. The fraction of sp³-hybridized carbons (Fsp3) is 0.235. The van der Waals surface area contributed by atoms with Gasteiger partial charge in [0, 0.05) is 28.5 Å². The normalized spacial score (nSPS) is 14.2. The van der Waals surface area contributed by atoms with Crippen molar-refractivity contribution in [3.63, 3.8) is 0 Å². The van der Waals surface area contributed by atoms with Gasteiger partial charge in [-0.2, -0.15) is 0 Å². The van der Waals surface area contributed by atoms with E-state index in [1.54, 1.807) is 35.2 Å². The predicted molar refractivity (Wildman–Crippen MR) is 96.4 cm³/mol. The molecule has 1 amide bonds. The van der Waals surface area contributed by atoms with Gasteiger partial charge in [0.15, 0.2) is 0 Å². The fourth-order valence-electron chi connectivity index (χ4n) is 2.86. The van der Waals surface area contributed by atoms with Crippen LogP contribution in [-0.2, 0) is 16.4 Å². The number of halogens is 1. The largest absolute Gasteiger partial charge is 0.308 e. The molecule has 7 heteroatoms. The third-order valence-electron chi connectivity index (χ3n) is 3.82. The molecule has 0 atom stereocenters. The van der Waals surface area contributed by atoms with Gasteiger partial charge in [0.25, 0.3) is 5.91 Å². The van der Waals surface area contributed by atoms with E-state index in [9.17, 15) is 13.2 Å². The van der Waals surface area contributed by atoms with Crippen LogP contribution in [-0.4, -0.2) is 27.1 Å². The molecule has 0 unspecified atom stereocenters. The fourth-order valence-corrected chi connectivity index (χ4v) is 3.61. The Bertz CT molecular complexity index is 896. The maximum Gasteiger partial charge on any atom is 0.258 e. The summed E-state index contributed by atoms with van der Waals surface area (Å²) in [7, 11) is -3.39. The predicted octanol–water partition coefficient (Wildman–Crippen LogP) is 3.30. The molecule has 2 aromatic rings. The van der Waals surface area contributed by atoms with Gasteiger partial charge in [0.1, 0.15) is 0 Å². The SMILES string of the molecule is CS(=O)(=O)Nc1cccc(C(=O)N2CCCc3cc(Cl)ccc32)c1. The number of fused-ring (bicyclic) bond motifs is 1. The zero-order valence-electron chi connectivity index (χ0n) is 13.1. The summed E-state index contributed by atoms with van der Waals surface area (Å²) in [5, 5.41) is 0.655. The Labute approximate surface area is 146 Å². The number of amides is 1. The van der Waals surface area contributed by atoms with Gasteiger partial charge in [0.05, 0.1) is 6.26 Å². The van der Waals surface area contributed by atoms with Gasteiger partial charge in [-0.25, -0.2) is 8.42 Å². The number of carbonyl (C=O) groups is 1. The number of benzene rings is 2. The molecule has 3 rings (SSSR count). The number of anilines is 2. The summed E-state index contributed by atoms with van der Waals surface area (Å²) in [5.41, 5.74) is 2.72. The van der Waals surface area contributed by atoms with E-state index in [2.05, 4.69) is 4.72 Å². The second-order valence-electron chi connectivity index (χ2n) is 5.79. The van der Waals surface area contributed by atoms with Crippen molar-refractivity contribution in [1.29, 1.82) is 0 Å². The van der Waals surface area contributed by atoms with Crippen LogP contribution in [0, 0.1) is 0 Å². The first kappa shape index (κ1) is 16.8. The average Bonchev–Trinajstić information content (AvgIpc) is 2.52. The van der Waals surface area contributed by atoms with Crippen molar-refractivity contribution < 1.29 is 13.2 Å². The van der Waals surface area contributed by atoms with Gasteiger partial charge >= 0.3 is 0 Å². The first-order valence-corrected chi connectivity index (χ1v) is 9.78. The first-order chi connectivity index (χ1) is 11.3. The van der Waals surface area contributed by atoms with Crippen LogP contribution in [0.4, 0.5) is 11.4 Å². The highest BCUT2D eigenvalue weighted by molar-refractivity contribution is 7.92. The molecule has 1 heterocycles. The van der Waals surface area contributed by atoms with Gasteiger partial charge < -0.3 is 4.90 Å². The highest BCUT2D eigenvalue weighted by Gasteiger charge is 2.24. The van der Waals surface area contributed by atoms with Crippen LogP contribution in [0.3, 0.4) is 0 Å². The van der Waals surface area contributed by atoms with E-state index in [1.807, 2.05) is 12.1 Å². The zero-order valence-corrected chi connectivity index (χ0v) is 14.7. The third-order valence-corrected chi connectivity index (χ3v) is 4.66.